The van der Waals surface area contributed by atoms with Gasteiger partial charge in [0.25, 0.3) is 5.91 Å². The summed E-state index contributed by atoms with van der Waals surface area (Å²) in [4.78, 5) is 55.3. The van der Waals surface area contributed by atoms with Crippen LogP contribution in [0.15, 0.2) is 103 Å². The van der Waals surface area contributed by atoms with E-state index >= 15 is 0 Å². The number of hydrogen-bond acceptors (Lipinski definition) is 5. The number of carbonyl (C=O) groups excluding carboxylic acids is 4. The summed E-state index contributed by atoms with van der Waals surface area (Å²) >= 11 is 0. The largest absolute Gasteiger partial charge is 0.452 e. The van der Waals surface area contributed by atoms with Crippen molar-refractivity contribution in [3.8, 4) is 0 Å². The van der Waals surface area contributed by atoms with Crippen LogP contribution in [0, 0.1) is 11.8 Å². The molecule has 208 valence electrons. The van der Waals surface area contributed by atoms with Crippen molar-refractivity contribution in [1.29, 1.82) is 0 Å². The molecule has 8 rings (SSSR count). The van der Waals surface area contributed by atoms with Crippen LogP contribution in [0.4, 0.5) is 5.69 Å². The molecule has 3 amide bonds. The molecule has 0 unspecified atom stereocenters. The van der Waals surface area contributed by atoms with Crippen molar-refractivity contribution in [2.75, 3.05) is 11.5 Å². The minimum atomic E-state index is -0.780. The zero-order valence-corrected chi connectivity index (χ0v) is 22.9. The number of para-hydroxylation sites is 1. The Labute approximate surface area is 243 Å². The van der Waals surface area contributed by atoms with Gasteiger partial charge in [0.05, 0.1) is 29.1 Å². The zero-order valence-electron chi connectivity index (χ0n) is 22.9. The molecule has 3 aliphatic carbocycles. The third kappa shape index (κ3) is 3.96. The van der Waals surface area contributed by atoms with E-state index in [-0.39, 0.29) is 40.9 Å². The van der Waals surface area contributed by atoms with Crippen LogP contribution in [-0.4, -0.2) is 30.3 Å². The molecule has 1 heterocycles. The van der Waals surface area contributed by atoms with Gasteiger partial charge in [0, 0.05) is 11.8 Å². The number of anilines is 1. The van der Waals surface area contributed by atoms with Gasteiger partial charge in [0.2, 0.25) is 11.8 Å². The maximum Gasteiger partial charge on any atom is 0.340 e. The van der Waals surface area contributed by atoms with Gasteiger partial charge in [-0.1, -0.05) is 91.0 Å². The molecule has 4 aliphatic rings. The van der Waals surface area contributed by atoms with Gasteiger partial charge in [-0.15, -0.1) is 0 Å². The Morgan fingerprint density at radius 2 is 1.19 bits per heavy atom. The smallest absolute Gasteiger partial charge is 0.340 e. The van der Waals surface area contributed by atoms with Crippen molar-refractivity contribution in [1.82, 2.24) is 5.32 Å². The normalized spacial score (nSPS) is 22.2. The number of nitrogens with zero attached hydrogens (tertiary/aromatic N) is 1. The highest BCUT2D eigenvalue weighted by Crippen LogP contribution is 2.61. The van der Waals surface area contributed by atoms with E-state index in [1.165, 1.54) is 11.0 Å². The lowest BCUT2D eigenvalue weighted by molar-refractivity contribution is -0.125. The van der Waals surface area contributed by atoms with Crippen molar-refractivity contribution in [2.45, 2.75) is 24.8 Å². The standard InChI is InChI=1S/C35H28N2O5/c1-20(21-11-3-2-4-12-21)36-28(38)19-42-35(41)26-17-9-10-18-27(26)37-33(39)31-29-22-13-5-6-14-23(22)30(32(31)34(37)40)25-16-8-7-15-24(25)29/h2-18,20,29-32H,19H2,1H3,(H,36,38)/t20-,29?,30?,31-,32+/m0/s1. The number of amides is 3. The van der Waals surface area contributed by atoms with Crippen molar-refractivity contribution in [3.05, 3.63) is 137 Å². The predicted molar refractivity (Wildman–Crippen MR) is 156 cm³/mol. The number of imide groups is 1. The Hall–Kier alpha value is -5.04. The van der Waals surface area contributed by atoms with Gasteiger partial charge in [0.1, 0.15) is 0 Å². The highest BCUT2D eigenvalue weighted by molar-refractivity contribution is 6.25. The lowest BCUT2D eigenvalue weighted by Crippen LogP contribution is -2.41. The second-order valence-electron chi connectivity index (χ2n) is 11.1. The van der Waals surface area contributed by atoms with Crippen LogP contribution in [0.3, 0.4) is 0 Å². The van der Waals surface area contributed by atoms with Crippen LogP contribution in [-0.2, 0) is 19.1 Å². The summed E-state index contributed by atoms with van der Waals surface area (Å²) in [5, 5.41) is 2.82. The van der Waals surface area contributed by atoms with Crippen LogP contribution in [0.5, 0.6) is 0 Å². The first-order valence-corrected chi connectivity index (χ1v) is 14.1. The number of benzene rings is 4. The number of rotatable bonds is 6. The molecule has 7 heteroatoms. The lowest BCUT2D eigenvalue weighted by atomic mass is 9.55. The van der Waals surface area contributed by atoms with E-state index in [0.29, 0.717) is 0 Å². The average molecular weight is 557 g/mol. The minimum Gasteiger partial charge on any atom is -0.452 e. The Balaban J connectivity index is 1.15. The molecule has 42 heavy (non-hydrogen) atoms. The lowest BCUT2D eigenvalue weighted by Gasteiger charge is -2.45. The van der Waals surface area contributed by atoms with Gasteiger partial charge in [-0.3, -0.25) is 14.4 Å². The Morgan fingerprint density at radius 1 is 0.714 bits per heavy atom. The van der Waals surface area contributed by atoms with E-state index in [0.717, 1.165) is 27.8 Å². The molecule has 0 radical (unpaired) electrons. The maximum atomic E-state index is 14.1. The fraction of sp³-hybridized carbons (Fsp3) is 0.200. The molecule has 2 bridgehead atoms. The molecule has 3 atom stereocenters. The molecule has 1 aliphatic heterocycles. The Morgan fingerprint density at radius 3 is 1.74 bits per heavy atom. The quantitative estimate of drug-likeness (QED) is 0.263. The molecule has 1 fully saturated rings. The number of nitrogens with one attached hydrogen (secondary N) is 1. The molecule has 4 aromatic rings. The van der Waals surface area contributed by atoms with Gasteiger partial charge in [-0.25, -0.2) is 9.69 Å². The third-order valence-electron chi connectivity index (χ3n) is 8.82. The van der Waals surface area contributed by atoms with E-state index in [2.05, 4.69) is 29.6 Å². The Bertz CT molecular complexity index is 1630. The SMILES string of the molecule is C[C@H](NC(=O)COC(=O)c1ccccc1N1C(=O)[C@@H]2C3c4ccccc4C(c4ccccc43)[C@@H]2C1=O)c1ccccc1. The van der Waals surface area contributed by atoms with Crippen LogP contribution < -0.4 is 10.2 Å². The third-order valence-corrected chi connectivity index (χ3v) is 8.82. The average Bonchev–Trinajstić information content (AvgIpc) is 3.30. The van der Waals surface area contributed by atoms with E-state index in [9.17, 15) is 19.2 Å². The van der Waals surface area contributed by atoms with Gasteiger partial charge >= 0.3 is 5.97 Å². The summed E-state index contributed by atoms with van der Waals surface area (Å²) < 4.78 is 5.37. The maximum absolute atomic E-state index is 14.1. The number of esters is 1. The number of hydrogen-bond donors (Lipinski definition) is 1. The molecule has 0 saturated carbocycles. The molecule has 0 spiro atoms. The van der Waals surface area contributed by atoms with Crippen LogP contribution in [0.2, 0.25) is 0 Å². The topological polar surface area (TPSA) is 92.8 Å². The van der Waals surface area contributed by atoms with Crippen molar-refractivity contribution < 1.29 is 23.9 Å². The number of carbonyl (C=O) groups is 4. The first-order valence-electron chi connectivity index (χ1n) is 14.1. The summed E-state index contributed by atoms with van der Waals surface area (Å²) in [6.45, 7) is 1.35. The summed E-state index contributed by atoms with van der Waals surface area (Å²) in [5.74, 6) is -3.51. The minimum absolute atomic E-state index is 0.0594. The first-order chi connectivity index (χ1) is 20.5. The summed E-state index contributed by atoms with van der Waals surface area (Å²) in [6, 6.07) is 31.7. The van der Waals surface area contributed by atoms with Gasteiger partial charge in [0.15, 0.2) is 6.61 Å². The van der Waals surface area contributed by atoms with Crippen LogP contribution in [0.1, 0.15) is 63.0 Å². The van der Waals surface area contributed by atoms with Gasteiger partial charge in [-0.05, 0) is 46.9 Å². The van der Waals surface area contributed by atoms with E-state index in [4.69, 9.17) is 4.74 Å². The molecular weight excluding hydrogens is 528 g/mol. The number of ether oxygens (including phenoxy) is 1. The predicted octanol–water partition coefficient (Wildman–Crippen LogP) is 5.12. The van der Waals surface area contributed by atoms with Crippen molar-refractivity contribution >= 4 is 29.4 Å². The van der Waals surface area contributed by atoms with E-state index in [1.54, 1.807) is 18.2 Å². The Kier molecular flexibility index (Phi) is 6.23. The molecular formula is C35H28N2O5. The highest BCUT2D eigenvalue weighted by atomic mass is 16.5. The molecule has 1 saturated heterocycles. The monoisotopic (exact) mass is 556 g/mol. The fourth-order valence-corrected chi connectivity index (χ4v) is 7.07. The summed E-state index contributed by atoms with van der Waals surface area (Å²) in [5.41, 5.74) is 5.47. The fourth-order valence-electron chi connectivity index (χ4n) is 7.07. The summed E-state index contributed by atoms with van der Waals surface area (Å²) in [6.07, 6.45) is 0. The molecule has 1 N–H and O–H groups in total. The second-order valence-corrected chi connectivity index (χ2v) is 11.1. The van der Waals surface area contributed by atoms with Crippen LogP contribution >= 0.6 is 0 Å². The van der Waals surface area contributed by atoms with E-state index in [1.807, 2.05) is 61.5 Å². The zero-order chi connectivity index (χ0) is 29.0. The first kappa shape index (κ1) is 25.9. The van der Waals surface area contributed by atoms with Crippen molar-refractivity contribution in [3.63, 3.8) is 0 Å². The summed E-state index contributed by atoms with van der Waals surface area (Å²) in [7, 11) is 0. The molecule has 4 aromatic carbocycles. The molecule has 0 aromatic heterocycles. The van der Waals surface area contributed by atoms with Crippen LogP contribution in [0.25, 0.3) is 0 Å². The van der Waals surface area contributed by atoms with Gasteiger partial charge < -0.3 is 10.1 Å². The molecule has 7 nitrogen and oxygen atoms in total. The van der Waals surface area contributed by atoms with Gasteiger partial charge in [-0.2, -0.15) is 0 Å². The van der Waals surface area contributed by atoms with Crippen molar-refractivity contribution in [2.24, 2.45) is 11.8 Å². The van der Waals surface area contributed by atoms with E-state index < -0.39 is 30.3 Å². The second kappa shape index (κ2) is 10.1. The highest BCUT2D eigenvalue weighted by Gasteiger charge is 2.62.